The summed E-state index contributed by atoms with van der Waals surface area (Å²) in [4.78, 5) is 4.11. The molecule has 1 aromatic heterocycles. The molecule has 1 aromatic rings. The van der Waals surface area contributed by atoms with Gasteiger partial charge in [-0.05, 0) is 20.4 Å². The van der Waals surface area contributed by atoms with Gasteiger partial charge in [0, 0.05) is 0 Å². The molecule has 0 fully saturated rings. The zero-order chi connectivity index (χ0) is 10.3. The Balaban J connectivity index is 0.000000671. The molecule has 13 heavy (non-hydrogen) atoms. The van der Waals surface area contributed by atoms with Crippen molar-refractivity contribution in [2.45, 2.75) is 40.2 Å². The largest absolute Gasteiger partial charge is 0.338 e. The molecule has 1 unspecified atom stereocenters. The molecule has 76 valence electrons. The van der Waals surface area contributed by atoms with Crippen LogP contribution in [0.2, 0.25) is 0 Å². The predicted molar refractivity (Wildman–Crippen MR) is 52.5 cm³/mol. The van der Waals surface area contributed by atoms with Crippen LogP contribution < -0.4 is 5.32 Å². The van der Waals surface area contributed by atoms with Crippen molar-refractivity contribution in [2.75, 3.05) is 7.05 Å². The van der Waals surface area contributed by atoms with Gasteiger partial charge in [-0.3, -0.25) is 0 Å². The second-order valence-electron chi connectivity index (χ2n) is 2.43. The summed E-state index contributed by atoms with van der Waals surface area (Å²) >= 11 is 0. The first-order chi connectivity index (χ1) is 6.27. The van der Waals surface area contributed by atoms with Crippen LogP contribution in [0.3, 0.4) is 0 Å². The second kappa shape index (κ2) is 6.60. The van der Waals surface area contributed by atoms with Crippen LogP contribution in [0.5, 0.6) is 0 Å². The molecule has 0 saturated heterocycles. The molecule has 0 aromatic carbocycles. The minimum absolute atomic E-state index is 0.191. The lowest BCUT2D eigenvalue weighted by Crippen LogP contribution is -2.15. The van der Waals surface area contributed by atoms with Gasteiger partial charge in [-0.2, -0.15) is 4.98 Å². The van der Waals surface area contributed by atoms with Crippen molar-refractivity contribution in [3.63, 3.8) is 0 Å². The molecule has 4 heteroatoms. The molecule has 1 rings (SSSR count). The van der Waals surface area contributed by atoms with Gasteiger partial charge in [0.2, 0.25) is 5.89 Å². The van der Waals surface area contributed by atoms with Gasteiger partial charge in [-0.25, -0.2) is 0 Å². The van der Waals surface area contributed by atoms with Crippen LogP contribution in [0.25, 0.3) is 0 Å². The first-order valence-corrected chi connectivity index (χ1v) is 4.75. The number of nitrogens with zero attached hydrogens (tertiary/aromatic N) is 2. The Bertz CT molecular complexity index is 218. The third-order valence-corrected chi connectivity index (χ3v) is 1.60. The molecule has 0 spiro atoms. The van der Waals surface area contributed by atoms with Crippen LogP contribution in [0.15, 0.2) is 4.52 Å². The summed E-state index contributed by atoms with van der Waals surface area (Å²) < 4.78 is 4.98. The number of aryl methyl sites for hydroxylation is 1. The molecular formula is C9H19N3O. The van der Waals surface area contributed by atoms with Gasteiger partial charge in [0.15, 0.2) is 5.82 Å². The Kier molecular flexibility index (Phi) is 6.14. The smallest absolute Gasteiger partial charge is 0.243 e. The van der Waals surface area contributed by atoms with Crippen LogP contribution in [-0.2, 0) is 0 Å². The lowest BCUT2D eigenvalue weighted by Gasteiger charge is -2.06. The average Bonchev–Trinajstić information content (AvgIpc) is 2.58. The fraction of sp³-hybridized carbons (Fsp3) is 0.778. The van der Waals surface area contributed by atoms with E-state index in [0.29, 0.717) is 11.7 Å². The van der Waals surface area contributed by atoms with E-state index in [1.54, 1.807) is 0 Å². The summed E-state index contributed by atoms with van der Waals surface area (Å²) in [6.07, 6.45) is 0.956. The van der Waals surface area contributed by atoms with Gasteiger partial charge in [-0.15, -0.1) is 0 Å². The van der Waals surface area contributed by atoms with E-state index >= 15 is 0 Å². The van der Waals surface area contributed by atoms with E-state index < -0.39 is 0 Å². The lowest BCUT2D eigenvalue weighted by molar-refractivity contribution is 0.332. The highest BCUT2D eigenvalue weighted by atomic mass is 16.5. The number of rotatable bonds is 3. The topological polar surface area (TPSA) is 51.0 Å². The fourth-order valence-electron chi connectivity index (χ4n) is 0.957. The summed E-state index contributed by atoms with van der Waals surface area (Å²) in [5.74, 6) is 1.36. The zero-order valence-electron chi connectivity index (χ0n) is 9.09. The lowest BCUT2D eigenvalue weighted by atomic mass is 10.2. The molecule has 0 saturated carbocycles. The molecule has 1 N–H and O–H groups in total. The number of aromatic nitrogens is 2. The first kappa shape index (κ1) is 12.1. The van der Waals surface area contributed by atoms with Crippen molar-refractivity contribution >= 4 is 0 Å². The monoisotopic (exact) mass is 185 g/mol. The summed E-state index contributed by atoms with van der Waals surface area (Å²) in [7, 11) is 1.88. The van der Waals surface area contributed by atoms with E-state index in [1.807, 2.05) is 27.8 Å². The predicted octanol–water partition coefficient (Wildman–Crippen LogP) is 2.07. The molecule has 0 bridgehead atoms. The van der Waals surface area contributed by atoms with E-state index in [2.05, 4.69) is 22.4 Å². The average molecular weight is 185 g/mol. The second-order valence-corrected chi connectivity index (χ2v) is 2.43. The highest BCUT2D eigenvalue weighted by Gasteiger charge is 2.12. The maximum absolute atomic E-state index is 4.98. The third-order valence-electron chi connectivity index (χ3n) is 1.60. The summed E-state index contributed by atoms with van der Waals surface area (Å²) in [5, 5.41) is 6.79. The normalized spacial score (nSPS) is 11.8. The zero-order valence-corrected chi connectivity index (χ0v) is 9.09. The Labute approximate surface area is 79.7 Å². The molecule has 0 aliphatic rings. The van der Waals surface area contributed by atoms with Crippen LogP contribution in [0.1, 0.15) is 44.9 Å². The van der Waals surface area contributed by atoms with Gasteiger partial charge in [0.1, 0.15) is 0 Å². The Morgan fingerprint density at radius 1 is 1.46 bits per heavy atom. The summed E-state index contributed by atoms with van der Waals surface area (Å²) in [6, 6.07) is 0.191. The molecule has 4 nitrogen and oxygen atoms in total. The van der Waals surface area contributed by atoms with Crippen molar-refractivity contribution in [1.82, 2.24) is 15.5 Å². The van der Waals surface area contributed by atoms with E-state index in [0.717, 1.165) is 6.42 Å². The molecule has 1 heterocycles. The van der Waals surface area contributed by atoms with Crippen LogP contribution in [-0.4, -0.2) is 17.2 Å². The van der Waals surface area contributed by atoms with Gasteiger partial charge in [0.05, 0.1) is 6.04 Å². The van der Waals surface area contributed by atoms with Gasteiger partial charge >= 0.3 is 0 Å². The molecular weight excluding hydrogens is 166 g/mol. The van der Waals surface area contributed by atoms with E-state index in [4.69, 9.17) is 4.52 Å². The molecule has 0 aliphatic heterocycles. The van der Waals surface area contributed by atoms with Crippen LogP contribution in [0, 0.1) is 6.92 Å². The quantitative estimate of drug-likeness (QED) is 0.783. The van der Waals surface area contributed by atoms with Crippen molar-refractivity contribution in [3.8, 4) is 0 Å². The van der Waals surface area contributed by atoms with E-state index in [-0.39, 0.29) is 6.04 Å². The molecule has 0 amide bonds. The third kappa shape index (κ3) is 3.55. The van der Waals surface area contributed by atoms with E-state index in [9.17, 15) is 0 Å². The maximum Gasteiger partial charge on any atom is 0.243 e. The molecule has 0 radical (unpaired) electrons. The van der Waals surface area contributed by atoms with Crippen molar-refractivity contribution in [2.24, 2.45) is 0 Å². The van der Waals surface area contributed by atoms with Crippen LogP contribution >= 0.6 is 0 Å². The minimum Gasteiger partial charge on any atom is -0.338 e. The summed E-state index contributed by atoms with van der Waals surface area (Å²) in [6.45, 7) is 7.88. The number of hydrogen-bond acceptors (Lipinski definition) is 4. The molecule has 0 aliphatic carbocycles. The van der Waals surface area contributed by atoms with Crippen LogP contribution in [0.4, 0.5) is 0 Å². The number of nitrogens with one attached hydrogen (secondary N) is 1. The highest BCUT2D eigenvalue weighted by Crippen LogP contribution is 2.12. The SMILES string of the molecule is CC.CCC(NC)c1nc(C)no1. The Hall–Kier alpha value is -0.900. The Morgan fingerprint density at radius 3 is 2.38 bits per heavy atom. The minimum atomic E-state index is 0.191. The summed E-state index contributed by atoms with van der Waals surface area (Å²) in [5.41, 5.74) is 0. The van der Waals surface area contributed by atoms with Gasteiger partial charge in [0.25, 0.3) is 0 Å². The van der Waals surface area contributed by atoms with Crippen molar-refractivity contribution in [1.29, 1.82) is 0 Å². The first-order valence-electron chi connectivity index (χ1n) is 4.75. The number of hydrogen-bond donors (Lipinski definition) is 1. The fourth-order valence-corrected chi connectivity index (χ4v) is 0.957. The standard InChI is InChI=1S/C7H13N3O.C2H6/c1-4-6(8-3)7-9-5(2)10-11-7;1-2/h6,8H,4H2,1-3H3;1-2H3. The van der Waals surface area contributed by atoms with Gasteiger partial charge in [-0.1, -0.05) is 25.9 Å². The Morgan fingerprint density at radius 2 is 2.08 bits per heavy atom. The molecule has 1 atom stereocenters. The maximum atomic E-state index is 4.98. The highest BCUT2D eigenvalue weighted by molar-refractivity contribution is 4.89. The van der Waals surface area contributed by atoms with E-state index in [1.165, 1.54) is 0 Å². The van der Waals surface area contributed by atoms with Crippen molar-refractivity contribution < 1.29 is 4.52 Å². The van der Waals surface area contributed by atoms with Gasteiger partial charge < -0.3 is 9.84 Å². The van der Waals surface area contributed by atoms with Crippen molar-refractivity contribution in [3.05, 3.63) is 11.7 Å².